The predicted octanol–water partition coefficient (Wildman–Crippen LogP) is 6.33. The fourth-order valence-electron chi connectivity index (χ4n) is 4.12. The largest absolute Gasteiger partial charge is 0.457 e. The summed E-state index contributed by atoms with van der Waals surface area (Å²) in [5.74, 6) is 1.56. The van der Waals surface area contributed by atoms with E-state index >= 15 is 0 Å². The highest BCUT2D eigenvalue weighted by atomic mass is 16.6. The number of carbonyl (C=O) groups excluding carboxylic acids is 1. The Morgan fingerprint density at radius 2 is 1.85 bits per heavy atom. The van der Waals surface area contributed by atoms with Gasteiger partial charge in [0.05, 0.1) is 18.2 Å². The molecule has 3 aromatic rings. The minimum absolute atomic E-state index is 0.0334. The summed E-state index contributed by atoms with van der Waals surface area (Å²) in [6, 6.07) is 17.9. The monoisotopic (exact) mass is 448 g/mol. The number of benzene rings is 2. The van der Waals surface area contributed by atoms with Crippen molar-refractivity contribution in [1.82, 2.24) is 9.88 Å². The van der Waals surface area contributed by atoms with Crippen LogP contribution in [0, 0.1) is 0 Å². The summed E-state index contributed by atoms with van der Waals surface area (Å²) in [4.78, 5) is 18.9. The van der Waals surface area contributed by atoms with E-state index in [1.165, 1.54) is 5.56 Å². The SMILES string of the molecule is CC(C)(C)OC(=O)N1[C@@H](CCc2ccc(Oc3ccnc4ccccc34)cc2)COC1(C)C. The maximum Gasteiger partial charge on any atom is 0.412 e. The summed E-state index contributed by atoms with van der Waals surface area (Å²) in [5, 5.41) is 0.982. The molecule has 1 aliphatic rings. The molecule has 2 aromatic carbocycles. The Labute approximate surface area is 195 Å². The Hall–Kier alpha value is -3.12. The number of aromatic nitrogens is 1. The molecular weight excluding hydrogens is 416 g/mol. The quantitative estimate of drug-likeness (QED) is 0.456. The van der Waals surface area contributed by atoms with Crippen LogP contribution in [0.2, 0.25) is 0 Å². The zero-order valence-corrected chi connectivity index (χ0v) is 20.0. The van der Waals surface area contributed by atoms with E-state index in [0.717, 1.165) is 35.2 Å². The molecule has 0 spiro atoms. The number of carbonyl (C=O) groups is 1. The van der Waals surface area contributed by atoms with Crippen LogP contribution in [0.5, 0.6) is 11.5 Å². The lowest BCUT2D eigenvalue weighted by Crippen LogP contribution is -2.49. The minimum atomic E-state index is -0.683. The van der Waals surface area contributed by atoms with E-state index in [1.807, 2.05) is 77.1 Å². The van der Waals surface area contributed by atoms with Crippen LogP contribution in [0.3, 0.4) is 0 Å². The maximum atomic E-state index is 12.8. The lowest BCUT2D eigenvalue weighted by molar-refractivity contribution is -0.0626. The van der Waals surface area contributed by atoms with E-state index in [9.17, 15) is 4.79 Å². The second-order valence-electron chi connectivity index (χ2n) is 9.87. The fourth-order valence-corrected chi connectivity index (χ4v) is 4.12. The van der Waals surface area contributed by atoms with Gasteiger partial charge in [-0.3, -0.25) is 9.88 Å². The number of para-hydroxylation sites is 1. The number of nitrogens with zero attached hydrogens (tertiary/aromatic N) is 2. The Bertz CT molecular complexity index is 1110. The van der Waals surface area contributed by atoms with Gasteiger partial charge in [0.2, 0.25) is 0 Å². The first kappa shape index (κ1) is 23.1. The second-order valence-corrected chi connectivity index (χ2v) is 9.87. The topological polar surface area (TPSA) is 60.9 Å². The Morgan fingerprint density at radius 3 is 2.58 bits per heavy atom. The molecule has 6 nitrogen and oxygen atoms in total. The van der Waals surface area contributed by atoms with Gasteiger partial charge in [-0.05, 0) is 83.4 Å². The van der Waals surface area contributed by atoms with Crippen LogP contribution in [-0.2, 0) is 15.9 Å². The molecule has 6 heteroatoms. The van der Waals surface area contributed by atoms with Gasteiger partial charge in [-0.1, -0.05) is 24.3 Å². The zero-order chi connectivity index (χ0) is 23.6. The van der Waals surface area contributed by atoms with Gasteiger partial charge in [-0.2, -0.15) is 0 Å². The summed E-state index contributed by atoms with van der Waals surface area (Å²) in [6.07, 6.45) is 3.04. The van der Waals surface area contributed by atoms with Crippen LogP contribution in [0.4, 0.5) is 4.79 Å². The predicted molar refractivity (Wildman–Crippen MR) is 128 cm³/mol. The van der Waals surface area contributed by atoms with Gasteiger partial charge >= 0.3 is 6.09 Å². The number of rotatable bonds is 5. The molecule has 1 fully saturated rings. The molecule has 0 N–H and O–H groups in total. The van der Waals surface area contributed by atoms with Gasteiger partial charge < -0.3 is 14.2 Å². The number of ether oxygens (including phenoxy) is 3. The molecule has 1 aromatic heterocycles. The average Bonchev–Trinajstić information content (AvgIpc) is 3.06. The van der Waals surface area contributed by atoms with E-state index in [-0.39, 0.29) is 12.1 Å². The lowest BCUT2D eigenvalue weighted by Gasteiger charge is -2.35. The number of fused-ring (bicyclic) bond motifs is 1. The lowest BCUT2D eigenvalue weighted by atomic mass is 10.0. The van der Waals surface area contributed by atoms with E-state index in [2.05, 4.69) is 17.1 Å². The van der Waals surface area contributed by atoms with Crippen molar-refractivity contribution in [2.45, 2.75) is 64.8 Å². The molecule has 0 aliphatic carbocycles. The van der Waals surface area contributed by atoms with Crippen molar-refractivity contribution in [3.8, 4) is 11.5 Å². The van der Waals surface area contributed by atoms with E-state index in [0.29, 0.717) is 6.61 Å². The smallest absolute Gasteiger partial charge is 0.412 e. The Kier molecular flexibility index (Phi) is 6.30. The summed E-state index contributed by atoms with van der Waals surface area (Å²) < 4.78 is 17.7. The maximum absolute atomic E-state index is 12.8. The molecule has 174 valence electrons. The van der Waals surface area contributed by atoms with Gasteiger partial charge in [0.15, 0.2) is 0 Å². The average molecular weight is 449 g/mol. The normalized spacial score (nSPS) is 17.8. The van der Waals surface area contributed by atoms with Gasteiger partial charge in [-0.15, -0.1) is 0 Å². The van der Waals surface area contributed by atoms with Crippen LogP contribution in [0.1, 0.15) is 46.6 Å². The van der Waals surface area contributed by atoms with E-state index in [1.54, 1.807) is 11.1 Å². The van der Waals surface area contributed by atoms with Crippen LogP contribution >= 0.6 is 0 Å². The Morgan fingerprint density at radius 1 is 1.12 bits per heavy atom. The molecule has 0 unspecified atom stereocenters. The molecule has 0 radical (unpaired) electrons. The molecule has 4 rings (SSSR count). The molecular formula is C27H32N2O4. The van der Waals surface area contributed by atoms with Crippen molar-refractivity contribution in [2.24, 2.45) is 0 Å². The van der Waals surface area contributed by atoms with Crippen LogP contribution in [0.25, 0.3) is 10.9 Å². The molecule has 33 heavy (non-hydrogen) atoms. The number of amides is 1. The third-order valence-electron chi connectivity index (χ3n) is 5.69. The molecule has 1 amide bonds. The first-order valence-electron chi connectivity index (χ1n) is 11.4. The fraction of sp³-hybridized carbons (Fsp3) is 0.407. The highest BCUT2D eigenvalue weighted by Crippen LogP contribution is 2.32. The van der Waals surface area contributed by atoms with Crippen LogP contribution in [0.15, 0.2) is 60.8 Å². The number of pyridine rings is 1. The van der Waals surface area contributed by atoms with Crippen molar-refractivity contribution in [3.63, 3.8) is 0 Å². The van der Waals surface area contributed by atoms with Crippen molar-refractivity contribution in [1.29, 1.82) is 0 Å². The van der Waals surface area contributed by atoms with Gasteiger partial charge in [0.25, 0.3) is 0 Å². The molecule has 2 heterocycles. The highest BCUT2D eigenvalue weighted by molar-refractivity contribution is 5.84. The summed E-state index contributed by atoms with van der Waals surface area (Å²) in [5.41, 5.74) is 0.854. The highest BCUT2D eigenvalue weighted by Gasteiger charge is 2.45. The Balaban J connectivity index is 1.40. The molecule has 0 bridgehead atoms. The third kappa shape index (κ3) is 5.45. The first-order chi connectivity index (χ1) is 15.6. The summed E-state index contributed by atoms with van der Waals surface area (Å²) >= 11 is 0. The molecule has 1 aliphatic heterocycles. The van der Waals surface area contributed by atoms with Crippen molar-refractivity contribution in [3.05, 3.63) is 66.4 Å². The van der Waals surface area contributed by atoms with Crippen LogP contribution in [-0.4, -0.2) is 40.0 Å². The van der Waals surface area contributed by atoms with E-state index < -0.39 is 11.3 Å². The van der Waals surface area contributed by atoms with Crippen molar-refractivity contribution < 1.29 is 19.0 Å². The molecule has 1 saturated heterocycles. The molecule has 0 saturated carbocycles. The van der Waals surface area contributed by atoms with Gasteiger partial charge in [-0.25, -0.2) is 4.79 Å². The van der Waals surface area contributed by atoms with Crippen molar-refractivity contribution in [2.75, 3.05) is 6.61 Å². The van der Waals surface area contributed by atoms with Crippen LogP contribution < -0.4 is 4.74 Å². The third-order valence-corrected chi connectivity index (χ3v) is 5.69. The minimum Gasteiger partial charge on any atom is -0.457 e. The second kappa shape index (κ2) is 9.02. The van der Waals surface area contributed by atoms with Gasteiger partial charge in [0.1, 0.15) is 22.8 Å². The zero-order valence-electron chi connectivity index (χ0n) is 20.0. The first-order valence-corrected chi connectivity index (χ1v) is 11.4. The summed E-state index contributed by atoms with van der Waals surface area (Å²) in [6.45, 7) is 9.95. The van der Waals surface area contributed by atoms with Crippen molar-refractivity contribution >= 4 is 17.0 Å². The number of aryl methyl sites for hydroxylation is 1. The number of hydrogen-bond donors (Lipinski definition) is 0. The molecule has 1 atom stereocenters. The number of hydrogen-bond acceptors (Lipinski definition) is 5. The summed E-state index contributed by atoms with van der Waals surface area (Å²) in [7, 11) is 0. The van der Waals surface area contributed by atoms with Gasteiger partial charge in [0, 0.05) is 11.6 Å². The van der Waals surface area contributed by atoms with E-state index in [4.69, 9.17) is 14.2 Å². The standard InChI is InChI=1S/C27H32N2O4/c1-26(2,3)33-25(30)29-20(18-31-27(29,4)5)13-10-19-11-14-21(15-12-19)32-24-16-17-28-23-9-7-6-8-22(23)24/h6-9,11-12,14-17,20H,10,13,18H2,1-5H3/t20-/m0/s1.